The molecule has 2 aromatic heterocycles. The molecule has 13 heteroatoms. The van der Waals surface area contributed by atoms with Gasteiger partial charge in [-0.2, -0.15) is 4.39 Å². The van der Waals surface area contributed by atoms with Crippen molar-refractivity contribution in [3.8, 4) is 5.75 Å². The van der Waals surface area contributed by atoms with Crippen LogP contribution in [0.25, 0.3) is 10.9 Å². The SMILES string of the molecule is CC1COc2c(F)c(F)cc3c(=O)c(C(=O)N[C@@H](CO)C(=O)N4CCN(c5ncccn5)CC4)cn1c23. The summed E-state index contributed by atoms with van der Waals surface area (Å²) in [5.74, 6) is -3.76. The highest BCUT2D eigenvalue weighted by Crippen LogP contribution is 2.35. The predicted octanol–water partition coefficient (Wildman–Crippen LogP) is 0.463. The number of piperazine rings is 1. The summed E-state index contributed by atoms with van der Waals surface area (Å²) in [5, 5.41) is 12.1. The van der Waals surface area contributed by atoms with E-state index in [0.717, 1.165) is 6.07 Å². The highest BCUT2D eigenvalue weighted by atomic mass is 19.2. The van der Waals surface area contributed by atoms with Crippen molar-refractivity contribution >= 4 is 28.7 Å². The van der Waals surface area contributed by atoms with Crippen LogP contribution in [-0.4, -0.2) is 81.8 Å². The molecule has 1 aromatic carbocycles. The summed E-state index contributed by atoms with van der Waals surface area (Å²) < 4.78 is 35.3. The van der Waals surface area contributed by atoms with Gasteiger partial charge in [0, 0.05) is 44.8 Å². The Labute approximate surface area is 209 Å². The zero-order chi connectivity index (χ0) is 26.3. The van der Waals surface area contributed by atoms with Crippen molar-refractivity contribution in [2.24, 2.45) is 0 Å². The fourth-order valence-electron chi connectivity index (χ4n) is 4.58. The Bertz CT molecular complexity index is 1420. The molecule has 0 spiro atoms. The molecule has 0 aliphatic carbocycles. The molecule has 2 amide bonds. The monoisotopic (exact) mass is 514 g/mol. The first kappa shape index (κ1) is 24.6. The first-order valence-electron chi connectivity index (χ1n) is 11.7. The van der Waals surface area contributed by atoms with Crippen molar-refractivity contribution in [3.05, 3.63) is 58.1 Å². The number of carbonyl (C=O) groups excluding carboxylic acids is 2. The van der Waals surface area contributed by atoms with E-state index in [0.29, 0.717) is 32.1 Å². The van der Waals surface area contributed by atoms with Gasteiger partial charge in [-0.1, -0.05) is 0 Å². The van der Waals surface area contributed by atoms with Gasteiger partial charge >= 0.3 is 0 Å². The third-order valence-corrected chi connectivity index (χ3v) is 6.57. The molecule has 1 fully saturated rings. The number of aliphatic hydroxyl groups excluding tert-OH is 1. The predicted molar refractivity (Wildman–Crippen MR) is 127 cm³/mol. The quantitative estimate of drug-likeness (QED) is 0.503. The summed E-state index contributed by atoms with van der Waals surface area (Å²) in [4.78, 5) is 51.1. The molecular formula is C24H24F2N6O5. The van der Waals surface area contributed by atoms with Crippen molar-refractivity contribution in [3.63, 3.8) is 0 Å². The number of aromatic nitrogens is 3. The van der Waals surface area contributed by atoms with Crippen LogP contribution < -0.4 is 20.4 Å². The number of aliphatic hydroxyl groups is 1. The normalized spacial score (nSPS) is 17.9. The molecule has 3 aromatic rings. The molecule has 2 atom stereocenters. The van der Waals surface area contributed by atoms with E-state index in [1.165, 1.54) is 15.7 Å². The van der Waals surface area contributed by atoms with E-state index >= 15 is 0 Å². The Balaban J connectivity index is 1.36. The number of carbonyl (C=O) groups is 2. The third-order valence-electron chi connectivity index (χ3n) is 6.57. The lowest BCUT2D eigenvalue weighted by molar-refractivity contribution is -0.134. The molecule has 2 N–H and O–H groups in total. The van der Waals surface area contributed by atoms with Crippen molar-refractivity contribution in [2.45, 2.75) is 19.0 Å². The van der Waals surface area contributed by atoms with Gasteiger partial charge in [-0.3, -0.25) is 14.4 Å². The lowest BCUT2D eigenvalue weighted by Gasteiger charge is -2.36. The van der Waals surface area contributed by atoms with Crippen molar-refractivity contribution < 1.29 is 28.2 Å². The number of nitrogens with one attached hydrogen (secondary N) is 1. The molecule has 37 heavy (non-hydrogen) atoms. The van der Waals surface area contributed by atoms with Gasteiger partial charge in [0.05, 0.1) is 23.6 Å². The zero-order valence-corrected chi connectivity index (χ0v) is 19.9. The summed E-state index contributed by atoms with van der Waals surface area (Å²) in [6.07, 6.45) is 4.49. The van der Waals surface area contributed by atoms with E-state index in [1.807, 2.05) is 4.90 Å². The zero-order valence-electron chi connectivity index (χ0n) is 19.9. The molecule has 5 rings (SSSR count). The van der Waals surface area contributed by atoms with Gasteiger partial charge in [0.2, 0.25) is 23.1 Å². The van der Waals surface area contributed by atoms with E-state index in [2.05, 4.69) is 15.3 Å². The molecule has 0 radical (unpaired) electrons. The Morgan fingerprint density at radius 1 is 1.22 bits per heavy atom. The van der Waals surface area contributed by atoms with Crippen LogP contribution in [0.2, 0.25) is 0 Å². The van der Waals surface area contributed by atoms with Crippen LogP contribution in [0.5, 0.6) is 5.75 Å². The molecule has 1 unspecified atom stereocenters. The largest absolute Gasteiger partial charge is 0.486 e. The number of rotatable bonds is 5. The fourth-order valence-corrected chi connectivity index (χ4v) is 4.58. The molecule has 2 aliphatic heterocycles. The average molecular weight is 514 g/mol. The van der Waals surface area contributed by atoms with Crippen molar-refractivity contribution in [1.82, 2.24) is 24.8 Å². The number of hydrogen-bond acceptors (Lipinski definition) is 8. The smallest absolute Gasteiger partial charge is 0.257 e. The molecule has 4 heterocycles. The van der Waals surface area contributed by atoms with Crippen LogP contribution in [0.1, 0.15) is 23.3 Å². The Morgan fingerprint density at radius 3 is 2.59 bits per heavy atom. The molecule has 0 saturated carbocycles. The number of hydrogen-bond donors (Lipinski definition) is 2. The maximum Gasteiger partial charge on any atom is 0.257 e. The molecule has 194 valence electrons. The van der Waals surface area contributed by atoms with E-state index < -0.39 is 41.5 Å². The topological polar surface area (TPSA) is 130 Å². The maximum atomic E-state index is 14.3. The standard InChI is InChI=1S/C24H24F2N6O5/c1-13-12-37-21-18(26)16(25)9-14-19(21)32(13)10-15(20(14)34)22(35)29-17(11-33)23(36)30-5-7-31(8-6-30)24-27-3-2-4-28-24/h2-4,9-10,13,17,33H,5-8,11-12H2,1H3,(H,29,35)/t13?,17-/m0/s1. The minimum Gasteiger partial charge on any atom is -0.486 e. The van der Waals surface area contributed by atoms with Crippen LogP contribution >= 0.6 is 0 Å². The second-order valence-corrected chi connectivity index (χ2v) is 8.91. The Morgan fingerprint density at radius 2 is 1.92 bits per heavy atom. The third kappa shape index (κ3) is 4.35. The summed E-state index contributed by atoms with van der Waals surface area (Å²) in [7, 11) is 0. The van der Waals surface area contributed by atoms with E-state index in [1.54, 1.807) is 25.4 Å². The molecule has 2 aliphatic rings. The Kier molecular flexibility index (Phi) is 6.46. The number of anilines is 1. The van der Waals surface area contributed by atoms with Gasteiger partial charge in [-0.25, -0.2) is 14.4 Å². The van der Waals surface area contributed by atoms with Gasteiger partial charge in [-0.15, -0.1) is 0 Å². The number of halogens is 2. The van der Waals surface area contributed by atoms with Crippen LogP contribution in [0.3, 0.4) is 0 Å². The number of amides is 2. The number of pyridine rings is 1. The minimum atomic E-state index is -1.30. The molecule has 1 saturated heterocycles. The molecular weight excluding hydrogens is 490 g/mol. The second-order valence-electron chi connectivity index (χ2n) is 8.91. The highest BCUT2D eigenvalue weighted by molar-refractivity contribution is 6.00. The lowest BCUT2D eigenvalue weighted by atomic mass is 10.1. The number of nitrogens with zero attached hydrogens (tertiary/aromatic N) is 5. The van der Waals surface area contributed by atoms with Gasteiger partial charge in [0.25, 0.3) is 5.91 Å². The Hall–Kier alpha value is -4.13. The second kappa shape index (κ2) is 9.73. The summed E-state index contributed by atoms with van der Waals surface area (Å²) in [6.45, 7) is 2.60. The van der Waals surface area contributed by atoms with Crippen LogP contribution in [-0.2, 0) is 4.79 Å². The van der Waals surface area contributed by atoms with E-state index in [9.17, 15) is 28.3 Å². The van der Waals surface area contributed by atoms with E-state index in [4.69, 9.17) is 4.74 Å². The fraction of sp³-hybridized carbons (Fsp3) is 0.375. The summed E-state index contributed by atoms with van der Waals surface area (Å²) >= 11 is 0. The number of benzene rings is 1. The first-order chi connectivity index (χ1) is 17.8. The first-order valence-corrected chi connectivity index (χ1v) is 11.7. The van der Waals surface area contributed by atoms with Gasteiger partial charge in [0.15, 0.2) is 11.6 Å². The van der Waals surface area contributed by atoms with Crippen LogP contribution in [0, 0.1) is 11.6 Å². The minimum absolute atomic E-state index is 0.00412. The molecule has 11 nitrogen and oxygen atoms in total. The number of ether oxygens (including phenoxy) is 1. The summed E-state index contributed by atoms with van der Waals surface area (Å²) in [6, 6.07) is 0.753. The lowest BCUT2D eigenvalue weighted by Crippen LogP contribution is -2.56. The van der Waals surface area contributed by atoms with Crippen LogP contribution in [0.15, 0.2) is 35.5 Å². The maximum absolute atomic E-state index is 14.3. The summed E-state index contributed by atoms with van der Waals surface area (Å²) in [5.41, 5.74) is -1.16. The van der Waals surface area contributed by atoms with Crippen LogP contribution in [0.4, 0.5) is 14.7 Å². The van der Waals surface area contributed by atoms with Gasteiger partial charge in [0.1, 0.15) is 18.2 Å². The van der Waals surface area contributed by atoms with Gasteiger partial charge < -0.3 is 29.5 Å². The van der Waals surface area contributed by atoms with Crippen molar-refractivity contribution in [2.75, 3.05) is 44.3 Å². The highest BCUT2D eigenvalue weighted by Gasteiger charge is 2.32. The molecule has 0 bridgehead atoms. The van der Waals surface area contributed by atoms with E-state index in [-0.39, 0.29) is 34.9 Å². The van der Waals surface area contributed by atoms with Gasteiger partial charge in [-0.05, 0) is 19.1 Å². The average Bonchev–Trinajstić information content (AvgIpc) is 2.92. The van der Waals surface area contributed by atoms with Crippen molar-refractivity contribution in [1.29, 1.82) is 0 Å².